The second-order valence-corrected chi connectivity index (χ2v) is 18.4. The smallest absolute Gasteiger partial charge is 0.250 e. The molecule has 0 N–H and O–H groups in total. The molecule has 10 rings (SSSR count). The Bertz CT molecular complexity index is 2540. The molecule has 3 heteroatoms. The molecule has 0 aromatic heterocycles. The Hall–Kier alpha value is -5.25. The van der Waals surface area contributed by atoms with Crippen molar-refractivity contribution in [3.63, 3.8) is 0 Å². The van der Waals surface area contributed by atoms with Gasteiger partial charge in [-0.3, -0.25) is 0 Å². The summed E-state index contributed by atoms with van der Waals surface area (Å²) in [7, 11) is 0. The van der Waals surface area contributed by atoms with Gasteiger partial charge in [0.2, 0.25) is 6.71 Å². The van der Waals surface area contributed by atoms with Crippen LogP contribution < -0.4 is 21.3 Å². The molecule has 262 valence electrons. The fraction of sp³-hybridized carbons (Fsp3) is 0.176. The van der Waals surface area contributed by atoms with Gasteiger partial charge >= 0.3 is 0 Å². The van der Waals surface area contributed by atoms with E-state index in [-0.39, 0.29) is 17.5 Å². The molecular weight excluding hydrogens is 669 g/mol. The first-order chi connectivity index (χ1) is 26.0. The third kappa shape index (κ3) is 4.80. The summed E-state index contributed by atoms with van der Waals surface area (Å²) in [6.07, 6.45) is 0. The van der Waals surface area contributed by atoms with Crippen LogP contribution >= 0.6 is 11.8 Å². The van der Waals surface area contributed by atoms with E-state index in [1.54, 1.807) is 0 Å². The van der Waals surface area contributed by atoms with Gasteiger partial charge in [-0.2, -0.15) is 0 Å². The van der Waals surface area contributed by atoms with E-state index in [1.165, 1.54) is 87.7 Å². The van der Waals surface area contributed by atoms with Crippen LogP contribution in [-0.2, 0) is 16.2 Å². The Labute approximate surface area is 325 Å². The van der Waals surface area contributed by atoms with Gasteiger partial charge in [0.05, 0.1) is 5.41 Å². The van der Waals surface area contributed by atoms with Crippen molar-refractivity contribution in [2.75, 3.05) is 4.90 Å². The highest BCUT2D eigenvalue weighted by atomic mass is 32.2. The van der Waals surface area contributed by atoms with E-state index >= 15 is 0 Å². The van der Waals surface area contributed by atoms with Gasteiger partial charge in [-0.25, -0.2) is 0 Å². The second-order valence-electron chi connectivity index (χ2n) is 17.3. The molecule has 1 nitrogen and oxygen atoms in total. The third-order valence-electron chi connectivity index (χ3n) is 12.1. The average molecular weight is 714 g/mol. The summed E-state index contributed by atoms with van der Waals surface area (Å²) in [5.41, 5.74) is 18.3. The fourth-order valence-electron chi connectivity index (χ4n) is 9.52. The first-order valence-corrected chi connectivity index (χ1v) is 20.1. The van der Waals surface area contributed by atoms with E-state index in [1.807, 2.05) is 11.8 Å². The molecule has 7 aromatic carbocycles. The predicted octanol–water partition coefficient (Wildman–Crippen LogP) is 11.4. The minimum absolute atomic E-state index is 0.0669. The fourth-order valence-corrected chi connectivity index (χ4v) is 10.8. The molecule has 0 radical (unpaired) electrons. The highest BCUT2D eigenvalue weighted by Crippen LogP contribution is 2.52. The summed E-state index contributed by atoms with van der Waals surface area (Å²) in [4.78, 5) is 5.28. The van der Waals surface area contributed by atoms with Crippen molar-refractivity contribution in [1.82, 2.24) is 0 Å². The third-order valence-corrected chi connectivity index (χ3v) is 13.3. The van der Waals surface area contributed by atoms with E-state index in [0.717, 1.165) is 0 Å². The Kier molecular flexibility index (Phi) is 7.33. The summed E-state index contributed by atoms with van der Waals surface area (Å²) < 4.78 is 0. The maximum Gasteiger partial charge on any atom is 0.250 e. The molecule has 3 aliphatic rings. The number of benzene rings is 7. The van der Waals surface area contributed by atoms with Crippen molar-refractivity contribution in [3.8, 4) is 11.1 Å². The van der Waals surface area contributed by atoms with Gasteiger partial charge in [-0.15, -0.1) is 0 Å². The molecule has 0 spiro atoms. The van der Waals surface area contributed by atoms with Gasteiger partial charge in [-0.1, -0.05) is 180 Å². The van der Waals surface area contributed by atoms with E-state index in [4.69, 9.17) is 0 Å². The van der Waals surface area contributed by atoms with Crippen LogP contribution in [0.1, 0.15) is 74.9 Å². The van der Waals surface area contributed by atoms with Crippen LogP contribution in [0, 0.1) is 0 Å². The number of nitrogens with zero attached hydrogens (tertiary/aromatic N) is 1. The van der Waals surface area contributed by atoms with Gasteiger partial charge in [0.25, 0.3) is 0 Å². The molecule has 54 heavy (non-hydrogen) atoms. The molecule has 0 saturated carbocycles. The van der Waals surface area contributed by atoms with Gasteiger partial charge in [0, 0.05) is 26.9 Å². The molecule has 0 atom stereocenters. The Morgan fingerprint density at radius 2 is 1.02 bits per heavy atom. The van der Waals surface area contributed by atoms with Crippen molar-refractivity contribution in [2.24, 2.45) is 0 Å². The first-order valence-electron chi connectivity index (χ1n) is 19.3. The molecule has 0 amide bonds. The molecule has 0 bridgehead atoms. The van der Waals surface area contributed by atoms with E-state index in [9.17, 15) is 0 Å². The van der Waals surface area contributed by atoms with Gasteiger partial charge in [-0.05, 0) is 103 Å². The largest absolute Gasteiger partial charge is 0.311 e. The molecule has 0 aliphatic carbocycles. The minimum Gasteiger partial charge on any atom is -0.311 e. The number of anilines is 3. The summed E-state index contributed by atoms with van der Waals surface area (Å²) in [5.74, 6) is 0. The lowest BCUT2D eigenvalue weighted by atomic mass is 9.29. The Morgan fingerprint density at radius 1 is 0.463 bits per heavy atom. The van der Waals surface area contributed by atoms with Crippen LogP contribution in [0.15, 0.2) is 168 Å². The summed E-state index contributed by atoms with van der Waals surface area (Å²) >= 11 is 1.95. The zero-order valence-corrected chi connectivity index (χ0v) is 32.8. The van der Waals surface area contributed by atoms with Crippen molar-refractivity contribution >= 4 is 51.9 Å². The predicted molar refractivity (Wildman–Crippen MR) is 231 cm³/mol. The lowest BCUT2D eigenvalue weighted by Gasteiger charge is -2.50. The highest BCUT2D eigenvalue weighted by molar-refractivity contribution is 8.00. The minimum atomic E-state index is -0.484. The molecule has 3 heterocycles. The zero-order valence-electron chi connectivity index (χ0n) is 31.9. The van der Waals surface area contributed by atoms with Crippen LogP contribution in [0.5, 0.6) is 0 Å². The zero-order chi connectivity index (χ0) is 37.0. The maximum absolute atomic E-state index is 2.58. The summed E-state index contributed by atoms with van der Waals surface area (Å²) in [5, 5.41) is 0. The van der Waals surface area contributed by atoms with E-state index in [2.05, 4.69) is 204 Å². The SMILES string of the molecule is CC(C)(C)c1ccc(-c2cc3c4c(c2)N(c2ccc(C(C)(C)C)cc2)c2cccc5c2B4c2c(cccc2C5(c2ccccc2)c2ccccc2)S3)cc1. The molecule has 3 aliphatic heterocycles. The van der Waals surface area contributed by atoms with Crippen LogP contribution in [0.2, 0.25) is 0 Å². The monoisotopic (exact) mass is 713 g/mol. The quantitative estimate of drug-likeness (QED) is 0.167. The Balaban J connectivity index is 1.30. The molecule has 0 fully saturated rings. The molecular formula is C51H44BNS. The van der Waals surface area contributed by atoms with Crippen molar-refractivity contribution in [3.05, 3.63) is 191 Å². The van der Waals surface area contributed by atoms with Crippen molar-refractivity contribution < 1.29 is 0 Å². The standard InChI is InChI=1S/C51H44BNS/c1-49(2,3)35-25-23-33(24-26-35)34-31-43-48-45(32-34)54-44-22-14-20-41-47(44)52(48)46-40(51(41,37-15-9-7-10-16-37)38-17-11-8-12-18-38)19-13-21-42(46)53(43)39-29-27-36(28-30-39)50(4,5)6/h7-32H,1-6H3. The first kappa shape index (κ1) is 33.3. The average Bonchev–Trinajstić information content (AvgIpc) is 3.18. The number of rotatable bonds is 4. The topological polar surface area (TPSA) is 3.24 Å². The van der Waals surface area contributed by atoms with E-state index in [0.29, 0.717) is 0 Å². The van der Waals surface area contributed by atoms with Gasteiger partial charge in [0.15, 0.2) is 0 Å². The van der Waals surface area contributed by atoms with E-state index < -0.39 is 5.41 Å². The van der Waals surface area contributed by atoms with Crippen LogP contribution in [0.25, 0.3) is 11.1 Å². The lowest BCUT2D eigenvalue weighted by molar-refractivity contribution is 0.590. The maximum atomic E-state index is 2.58. The molecule has 7 aromatic rings. The van der Waals surface area contributed by atoms with Gasteiger partial charge < -0.3 is 4.90 Å². The normalized spacial score (nSPS) is 14.9. The lowest BCUT2D eigenvalue weighted by Crippen LogP contribution is -2.67. The number of hydrogen-bond donors (Lipinski definition) is 0. The van der Waals surface area contributed by atoms with Crippen LogP contribution in [-0.4, -0.2) is 6.71 Å². The second kappa shape index (κ2) is 11.9. The van der Waals surface area contributed by atoms with Gasteiger partial charge in [0.1, 0.15) is 0 Å². The Morgan fingerprint density at radius 3 is 1.61 bits per heavy atom. The highest BCUT2D eigenvalue weighted by Gasteiger charge is 2.53. The van der Waals surface area contributed by atoms with Crippen molar-refractivity contribution in [2.45, 2.75) is 67.6 Å². The summed E-state index contributed by atoms with van der Waals surface area (Å²) in [6, 6.07) is 60.2. The van der Waals surface area contributed by atoms with Crippen LogP contribution in [0.3, 0.4) is 0 Å². The van der Waals surface area contributed by atoms with Crippen molar-refractivity contribution in [1.29, 1.82) is 0 Å². The number of hydrogen-bond acceptors (Lipinski definition) is 2. The summed E-state index contributed by atoms with van der Waals surface area (Å²) in [6.45, 7) is 13.9. The van der Waals surface area contributed by atoms with Crippen LogP contribution in [0.4, 0.5) is 17.1 Å². The molecule has 0 unspecified atom stereocenters. The molecule has 0 saturated heterocycles.